The van der Waals surface area contributed by atoms with Gasteiger partial charge in [-0.2, -0.15) is 0 Å². The summed E-state index contributed by atoms with van der Waals surface area (Å²) in [5.74, 6) is 1.43. The molecule has 23 heavy (non-hydrogen) atoms. The van der Waals surface area contributed by atoms with Crippen molar-refractivity contribution in [2.75, 3.05) is 6.61 Å². The Balaban J connectivity index is 1.63. The van der Waals surface area contributed by atoms with E-state index >= 15 is 0 Å². The zero-order valence-corrected chi connectivity index (χ0v) is 12.8. The van der Waals surface area contributed by atoms with Gasteiger partial charge < -0.3 is 14.4 Å². The molecule has 0 saturated carbocycles. The summed E-state index contributed by atoms with van der Waals surface area (Å²) in [6.07, 6.45) is 7.71. The monoisotopic (exact) mass is 310 g/mol. The first-order valence-corrected chi connectivity index (χ1v) is 7.37. The van der Waals surface area contributed by atoms with Crippen molar-refractivity contribution in [2.24, 2.45) is 0 Å². The Bertz CT molecular complexity index is 758. The average molecular weight is 310 g/mol. The van der Waals surface area contributed by atoms with Gasteiger partial charge >= 0.3 is 0 Å². The Hall–Kier alpha value is -2.73. The van der Waals surface area contributed by atoms with Gasteiger partial charge in [-0.3, -0.25) is 4.98 Å². The first kappa shape index (κ1) is 15.2. The van der Waals surface area contributed by atoms with Gasteiger partial charge in [-0.05, 0) is 24.6 Å². The first-order valence-electron chi connectivity index (χ1n) is 7.37. The number of hydrogen-bond acceptors (Lipinski definition) is 5. The predicted octanol–water partition coefficient (Wildman–Crippen LogP) is 2.09. The highest BCUT2D eigenvalue weighted by molar-refractivity contribution is 5.47. The molecule has 6 heteroatoms. The molecule has 2 heterocycles. The lowest BCUT2D eigenvalue weighted by molar-refractivity contribution is 0.0928. The molecule has 0 spiro atoms. The van der Waals surface area contributed by atoms with Crippen LogP contribution in [0.2, 0.25) is 0 Å². The summed E-state index contributed by atoms with van der Waals surface area (Å²) < 4.78 is 7.47. The van der Waals surface area contributed by atoms with E-state index in [2.05, 4.69) is 15.0 Å². The number of rotatable bonds is 6. The summed E-state index contributed by atoms with van der Waals surface area (Å²) in [5.41, 5.74) is 1.79. The van der Waals surface area contributed by atoms with Gasteiger partial charge in [-0.1, -0.05) is 12.1 Å². The third-order valence-corrected chi connectivity index (χ3v) is 3.35. The molecule has 0 amide bonds. The van der Waals surface area contributed by atoms with Gasteiger partial charge in [0, 0.05) is 24.8 Å². The number of aliphatic hydroxyl groups is 1. The van der Waals surface area contributed by atoms with Crippen LogP contribution in [-0.2, 0) is 6.54 Å². The van der Waals surface area contributed by atoms with Crippen LogP contribution >= 0.6 is 0 Å². The van der Waals surface area contributed by atoms with Gasteiger partial charge in [0.15, 0.2) is 5.82 Å². The topological polar surface area (TPSA) is 73.1 Å². The number of aryl methyl sites for hydroxylation is 1. The van der Waals surface area contributed by atoms with Gasteiger partial charge in [-0.15, -0.1) is 0 Å². The molecule has 6 nitrogen and oxygen atoms in total. The quantitative estimate of drug-likeness (QED) is 0.754. The molecule has 0 radical (unpaired) electrons. The molecule has 0 fully saturated rings. The Morgan fingerprint density at radius 2 is 2.13 bits per heavy atom. The normalized spacial score (nSPS) is 12.1. The SMILES string of the molecule is Cc1cccc(OCC(O)Cn2ccnc2-c2cnccn2)c1. The van der Waals surface area contributed by atoms with Crippen molar-refractivity contribution < 1.29 is 9.84 Å². The van der Waals surface area contributed by atoms with Crippen LogP contribution in [0.25, 0.3) is 11.5 Å². The smallest absolute Gasteiger partial charge is 0.160 e. The predicted molar refractivity (Wildman–Crippen MR) is 85.9 cm³/mol. The summed E-state index contributed by atoms with van der Waals surface area (Å²) in [6.45, 7) is 2.58. The van der Waals surface area contributed by atoms with Crippen LogP contribution in [0.1, 0.15) is 5.56 Å². The fourth-order valence-electron chi connectivity index (χ4n) is 2.28. The molecule has 0 aliphatic carbocycles. The molecule has 0 saturated heterocycles. The van der Waals surface area contributed by atoms with Crippen molar-refractivity contribution in [3.05, 3.63) is 60.8 Å². The Morgan fingerprint density at radius 1 is 1.22 bits per heavy atom. The number of hydrogen-bond donors (Lipinski definition) is 1. The van der Waals surface area contributed by atoms with E-state index in [1.807, 2.05) is 35.8 Å². The molecule has 0 bridgehead atoms. The van der Waals surface area contributed by atoms with Crippen LogP contribution in [-0.4, -0.2) is 37.3 Å². The molecule has 0 aliphatic heterocycles. The van der Waals surface area contributed by atoms with E-state index in [-0.39, 0.29) is 6.61 Å². The Labute approximate surface area is 134 Å². The minimum absolute atomic E-state index is 0.210. The van der Waals surface area contributed by atoms with E-state index in [4.69, 9.17) is 4.74 Å². The fraction of sp³-hybridized carbons (Fsp3) is 0.235. The number of aliphatic hydroxyl groups excluding tert-OH is 1. The molecule has 3 rings (SSSR count). The molecule has 1 N–H and O–H groups in total. The van der Waals surface area contributed by atoms with Crippen LogP contribution in [0.5, 0.6) is 5.75 Å². The zero-order valence-electron chi connectivity index (χ0n) is 12.8. The van der Waals surface area contributed by atoms with Crippen LogP contribution in [0.3, 0.4) is 0 Å². The molecule has 3 aromatic rings. The maximum absolute atomic E-state index is 10.2. The highest BCUT2D eigenvalue weighted by atomic mass is 16.5. The molecule has 1 aromatic carbocycles. The standard InChI is InChI=1S/C17H18N4O2/c1-13-3-2-4-15(9-13)23-12-14(22)11-21-8-7-20-17(21)16-10-18-5-6-19-16/h2-10,14,22H,11-12H2,1H3. The molecule has 2 aromatic heterocycles. The van der Waals surface area contributed by atoms with Crippen molar-refractivity contribution in [1.29, 1.82) is 0 Å². The second kappa shape index (κ2) is 7.02. The number of nitrogens with zero attached hydrogens (tertiary/aromatic N) is 4. The lowest BCUT2D eigenvalue weighted by atomic mass is 10.2. The van der Waals surface area contributed by atoms with Gasteiger partial charge in [0.05, 0.1) is 12.7 Å². The van der Waals surface area contributed by atoms with Crippen molar-refractivity contribution in [2.45, 2.75) is 19.6 Å². The van der Waals surface area contributed by atoms with E-state index in [1.54, 1.807) is 31.0 Å². The molecule has 1 unspecified atom stereocenters. The van der Waals surface area contributed by atoms with Gasteiger partial charge in [0.2, 0.25) is 0 Å². The fourth-order valence-corrected chi connectivity index (χ4v) is 2.28. The van der Waals surface area contributed by atoms with Crippen LogP contribution in [0.4, 0.5) is 0 Å². The second-order valence-electron chi connectivity index (χ2n) is 5.28. The minimum Gasteiger partial charge on any atom is -0.491 e. The summed E-state index contributed by atoms with van der Waals surface area (Å²) in [5, 5.41) is 10.2. The highest BCUT2D eigenvalue weighted by Crippen LogP contribution is 2.15. The third kappa shape index (κ3) is 3.92. The number of benzene rings is 1. The van der Waals surface area contributed by atoms with Crippen LogP contribution in [0, 0.1) is 6.92 Å². The average Bonchev–Trinajstić information content (AvgIpc) is 3.02. The van der Waals surface area contributed by atoms with Gasteiger partial charge in [0.1, 0.15) is 24.2 Å². The lowest BCUT2D eigenvalue weighted by Crippen LogP contribution is -2.23. The van der Waals surface area contributed by atoms with E-state index < -0.39 is 6.10 Å². The van der Waals surface area contributed by atoms with Crippen LogP contribution in [0.15, 0.2) is 55.2 Å². The van der Waals surface area contributed by atoms with Gasteiger partial charge in [-0.25, -0.2) is 9.97 Å². The van der Waals surface area contributed by atoms with Crippen molar-refractivity contribution >= 4 is 0 Å². The second-order valence-corrected chi connectivity index (χ2v) is 5.28. The summed E-state index contributed by atoms with van der Waals surface area (Å²) >= 11 is 0. The molecule has 118 valence electrons. The Kier molecular flexibility index (Phi) is 4.63. The molecule has 1 atom stereocenters. The summed E-state index contributed by atoms with van der Waals surface area (Å²) in [7, 11) is 0. The van der Waals surface area contributed by atoms with E-state index in [9.17, 15) is 5.11 Å². The highest BCUT2D eigenvalue weighted by Gasteiger charge is 2.12. The summed E-state index contributed by atoms with van der Waals surface area (Å²) in [6, 6.07) is 7.75. The van der Waals surface area contributed by atoms with E-state index in [0.717, 1.165) is 11.3 Å². The van der Waals surface area contributed by atoms with E-state index in [1.165, 1.54) is 0 Å². The minimum atomic E-state index is -0.653. The largest absolute Gasteiger partial charge is 0.491 e. The maximum Gasteiger partial charge on any atom is 0.160 e. The number of ether oxygens (including phenoxy) is 1. The van der Waals surface area contributed by atoms with E-state index in [0.29, 0.717) is 18.1 Å². The number of aromatic nitrogens is 4. The van der Waals surface area contributed by atoms with Crippen molar-refractivity contribution in [3.8, 4) is 17.3 Å². The lowest BCUT2D eigenvalue weighted by Gasteiger charge is -2.14. The molecular weight excluding hydrogens is 292 g/mol. The maximum atomic E-state index is 10.2. The van der Waals surface area contributed by atoms with Crippen molar-refractivity contribution in [3.63, 3.8) is 0 Å². The molecular formula is C17H18N4O2. The first-order chi connectivity index (χ1) is 11.2. The zero-order chi connectivity index (χ0) is 16.1. The van der Waals surface area contributed by atoms with Crippen LogP contribution < -0.4 is 4.74 Å². The number of imidazole rings is 1. The Morgan fingerprint density at radius 3 is 2.91 bits per heavy atom. The van der Waals surface area contributed by atoms with Gasteiger partial charge in [0.25, 0.3) is 0 Å². The molecule has 0 aliphatic rings. The summed E-state index contributed by atoms with van der Waals surface area (Å²) in [4.78, 5) is 12.6. The third-order valence-electron chi connectivity index (χ3n) is 3.35. The van der Waals surface area contributed by atoms with Crippen molar-refractivity contribution in [1.82, 2.24) is 19.5 Å².